The number of pyridine rings is 1. The molecule has 2 aromatic rings. The lowest BCUT2D eigenvalue weighted by molar-refractivity contribution is 0.597. The van der Waals surface area contributed by atoms with Gasteiger partial charge in [-0.15, -0.1) is 0 Å². The standard InChI is InChI=1S/C15H16Br2N2/c1-2-7-19-15(11-3-5-13(16)6-4-11)12-8-14(17)10-18-9-12/h3-6,8-10,15,19H,2,7H2,1H3. The maximum atomic E-state index is 4.26. The topological polar surface area (TPSA) is 24.9 Å². The van der Waals surface area contributed by atoms with Crippen molar-refractivity contribution in [3.8, 4) is 0 Å². The van der Waals surface area contributed by atoms with E-state index < -0.39 is 0 Å². The second kappa shape index (κ2) is 7.17. The number of aromatic nitrogens is 1. The zero-order valence-corrected chi connectivity index (χ0v) is 13.9. The molecule has 1 N–H and O–H groups in total. The Morgan fingerprint density at radius 2 is 1.79 bits per heavy atom. The van der Waals surface area contributed by atoms with Gasteiger partial charge in [-0.25, -0.2) is 0 Å². The lowest BCUT2D eigenvalue weighted by Gasteiger charge is -2.19. The number of hydrogen-bond donors (Lipinski definition) is 1. The summed E-state index contributed by atoms with van der Waals surface area (Å²) in [5, 5.41) is 3.57. The third-order valence-electron chi connectivity index (χ3n) is 2.86. The number of rotatable bonds is 5. The zero-order valence-electron chi connectivity index (χ0n) is 10.7. The molecule has 100 valence electrons. The highest BCUT2D eigenvalue weighted by Gasteiger charge is 2.13. The van der Waals surface area contributed by atoms with Crippen LogP contribution in [0.3, 0.4) is 0 Å². The number of halogens is 2. The van der Waals surface area contributed by atoms with Gasteiger partial charge in [0, 0.05) is 21.3 Å². The fourth-order valence-corrected chi connectivity index (χ4v) is 2.61. The second-order valence-electron chi connectivity index (χ2n) is 4.38. The lowest BCUT2D eigenvalue weighted by atomic mass is 10.0. The first-order valence-electron chi connectivity index (χ1n) is 6.30. The quantitative estimate of drug-likeness (QED) is 0.809. The van der Waals surface area contributed by atoms with Crippen molar-refractivity contribution in [2.45, 2.75) is 19.4 Å². The predicted molar refractivity (Wildman–Crippen MR) is 86.2 cm³/mol. The summed E-state index contributed by atoms with van der Waals surface area (Å²) in [6, 6.07) is 10.7. The molecule has 0 saturated carbocycles. The number of nitrogens with one attached hydrogen (secondary N) is 1. The van der Waals surface area contributed by atoms with Gasteiger partial charge >= 0.3 is 0 Å². The second-order valence-corrected chi connectivity index (χ2v) is 6.21. The van der Waals surface area contributed by atoms with Crippen LogP contribution in [0.1, 0.15) is 30.5 Å². The average molecular weight is 384 g/mol. The summed E-state index contributed by atoms with van der Waals surface area (Å²) in [5.41, 5.74) is 2.42. The van der Waals surface area contributed by atoms with E-state index in [9.17, 15) is 0 Å². The Labute approximate surface area is 130 Å². The summed E-state index contributed by atoms with van der Waals surface area (Å²) in [6.45, 7) is 3.15. The predicted octanol–water partition coefficient (Wildman–Crippen LogP) is 4.70. The fourth-order valence-electron chi connectivity index (χ4n) is 1.96. The summed E-state index contributed by atoms with van der Waals surface area (Å²) in [5.74, 6) is 0. The molecule has 1 atom stereocenters. The fraction of sp³-hybridized carbons (Fsp3) is 0.267. The summed E-state index contributed by atoms with van der Waals surface area (Å²) >= 11 is 6.96. The van der Waals surface area contributed by atoms with E-state index in [1.807, 2.05) is 12.4 Å². The Morgan fingerprint density at radius 1 is 1.05 bits per heavy atom. The highest BCUT2D eigenvalue weighted by atomic mass is 79.9. The van der Waals surface area contributed by atoms with Gasteiger partial charge in [0.05, 0.1) is 6.04 Å². The van der Waals surface area contributed by atoms with Crippen molar-refractivity contribution >= 4 is 31.9 Å². The largest absolute Gasteiger partial charge is 0.306 e. The van der Waals surface area contributed by atoms with Gasteiger partial charge < -0.3 is 5.32 Å². The minimum absolute atomic E-state index is 0.179. The highest BCUT2D eigenvalue weighted by Crippen LogP contribution is 2.25. The van der Waals surface area contributed by atoms with Crippen molar-refractivity contribution in [1.82, 2.24) is 10.3 Å². The maximum absolute atomic E-state index is 4.26. The van der Waals surface area contributed by atoms with E-state index in [1.54, 1.807) is 0 Å². The average Bonchev–Trinajstić information content (AvgIpc) is 2.41. The Hall–Kier alpha value is -0.710. The third kappa shape index (κ3) is 4.13. The summed E-state index contributed by atoms with van der Waals surface area (Å²) in [7, 11) is 0. The monoisotopic (exact) mass is 382 g/mol. The van der Waals surface area contributed by atoms with Crippen LogP contribution in [-0.4, -0.2) is 11.5 Å². The molecular formula is C15H16Br2N2. The Kier molecular flexibility index (Phi) is 5.55. The van der Waals surface area contributed by atoms with Crippen LogP contribution in [0, 0.1) is 0 Å². The summed E-state index contributed by atoms with van der Waals surface area (Å²) in [4.78, 5) is 4.26. The third-order valence-corrected chi connectivity index (χ3v) is 3.82. The van der Waals surface area contributed by atoms with Crippen LogP contribution in [0.5, 0.6) is 0 Å². The normalized spacial score (nSPS) is 12.4. The molecule has 4 heteroatoms. The number of benzene rings is 1. The molecule has 1 aromatic heterocycles. The molecule has 0 amide bonds. The molecule has 0 aliphatic heterocycles. The van der Waals surface area contributed by atoms with Crippen molar-refractivity contribution < 1.29 is 0 Å². The summed E-state index contributed by atoms with van der Waals surface area (Å²) < 4.78 is 2.10. The van der Waals surface area contributed by atoms with E-state index in [4.69, 9.17) is 0 Å². The van der Waals surface area contributed by atoms with E-state index >= 15 is 0 Å². The van der Waals surface area contributed by atoms with Crippen LogP contribution in [0.4, 0.5) is 0 Å². The van der Waals surface area contributed by atoms with E-state index in [0.717, 1.165) is 21.9 Å². The molecule has 0 radical (unpaired) electrons. The van der Waals surface area contributed by atoms with Gasteiger partial charge in [0.15, 0.2) is 0 Å². The van der Waals surface area contributed by atoms with Crippen LogP contribution < -0.4 is 5.32 Å². The van der Waals surface area contributed by atoms with Crippen molar-refractivity contribution in [2.75, 3.05) is 6.54 Å². The van der Waals surface area contributed by atoms with Crippen molar-refractivity contribution in [3.63, 3.8) is 0 Å². The van der Waals surface area contributed by atoms with Crippen molar-refractivity contribution in [3.05, 3.63) is 62.8 Å². The minimum Gasteiger partial charge on any atom is -0.306 e. The number of hydrogen-bond acceptors (Lipinski definition) is 2. The molecular weight excluding hydrogens is 368 g/mol. The lowest BCUT2D eigenvalue weighted by Crippen LogP contribution is -2.23. The molecule has 1 unspecified atom stereocenters. The van der Waals surface area contributed by atoms with E-state index in [-0.39, 0.29) is 6.04 Å². The molecule has 19 heavy (non-hydrogen) atoms. The minimum atomic E-state index is 0.179. The van der Waals surface area contributed by atoms with Crippen LogP contribution in [0.15, 0.2) is 51.7 Å². The van der Waals surface area contributed by atoms with Crippen molar-refractivity contribution in [2.24, 2.45) is 0 Å². The number of nitrogens with zero attached hydrogens (tertiary/aromatic N) is 1. The van der Waals surface area contributed by atoms with Gasteiger partial charge in [-0.3, -0.25) is 4.98 Å². The molecule has 0 bridgehead atoms. The van der Waals surface area contributed by atoms with Crippen LogP contribution >= 0.6 is 31.9 Å². The molecule has 2 rings (SSSR count). The van der Waals surface area contributed by atoms with Gasteiger partial charge in [0.25, 0.3) is 0 Å². The SMILES string of the molecule is CCCNC(c1ccc(Br)cc1)c1cncc(Br)c1. The van der Waals surface area contributed by atoms with Crippen molar-refractivity contribution in [1.29, 1.82) is 0 Å². The van der Waals surface area contributed by atoms with E-state index in [0.29, 0.717) is 0 Å². The Balaban J connectivity index is 2.32. The van der Waals surface area contributed by atoms with Gasteiger partial charge in [-0.2, -0.15) is 0 Å². The molecule has 0 saturated heterocycles. The zero-order chi connectivity index (χ0) is 13.7. The molecule has 1 heterocycles. The highest BCUT2D eigenvalue weighted by molar-refractivity contribution is 9.10. The van der Waals surface area contributed by atoms with Crippen LogP contribution in [0.2, 0.25) is 0 Å². The van der Waals surface area contributed by atoms with Gasteiger partial charge in [-0.05, 0) is 58.2 Å². The van der Waals surface area contributed by atoms with Crippen LogP contribution in [0.25, 0.3) is 0 Å². The Bertz CT molecular complexity index is 526. The van der Waals surface area contributed by atoms with Gasteiger partial charge in [-0.1, -0.05) is 35.0 Å². The Morgan fingerprint density at radius 3 is 2.42 bits per heavy atom. The van der Waals surface area contributed by atoms with E-state index in [2.05, 4.69) is 79.4 Å². The first kappa shape index (κ1) is 14.7. The molecule has 2 nitrogen and oxygen atoms in total. The molecule has 0 fully saturated rings. The van der Waals surface area contributed by atoms with Gasteiger partial charge in [0.2, 0.25) is 0 Å². The molecule has 1 aromatic carbocycles. The first-order valence-corrected chi connectivity index (χ1v) is 7.88. The molecule has 0 aliphatic carbocycles. The van der Waals surface area contributed by atoms with E-state index in [1.165, 1.54) is 11.1 Å². The molecule has 0 aliphatic rings. The van der Waals surface area contributed by atoms with Crippen LogP contribution in [-0.2, 0) is 0 Å². The summed E-state index contributed by atoms with van der Waals surface area (Å²) in [6.07, 6.45) is 4.83. The van der Waals surface area contributed by atoms with Gasteiger partial charge in [0.1, 0.15) is 0 Å². The first-order chi connectivity index (χ1) is 9.20. The smallest absolute Gasteiger partial charge is 0.0592 e. The maximum Gasteiger partial charge on any atom is 0.0592 e. The molecule has 0 spiro atoms.